The summed E-state index contributed by atoms with van der Waals surface area (Å²) in [4.78, 5) is 3.79. The van der Waals surface area contributed by atoms with Gasteiger partial charge in [0.2, 0.25) is 0 Å². The van der Waals surface area contributed by atoms with Gasteiger partial charge in [-0.25, -0.2) is 0 Å². The Balaban J connectivity index is 1.67. The third kappa shape index (κ3) is 3.88. The Hall–Kier alpha value is -1.36. The third-order valence-electron chi connectivity index (χ3n) is 4.31. The molecule has 22 heavy (non-hydrogen) atoms. The van der Waals surface area contributed by atoms with Crippen molar-refractivity contribution in [1.82, 2.24) is 4.90 Å². The molecule has 2 heterocycles. The SMILES string of the molecule is CC(Nc1ccccc1CN1CCC(O)CC1)c1cccs1. The molecule has 3 rings (SSSR count). The van der Waals surface area contributed by atoms with E-state index in [9.17, 15) is 5.11 Å². The lowest BCUT2D eigenvalue weighted by molar-refractivity contribution is 0.0793. The summed E-state index contributed by atoms with van der Waals surface area (Å²) in [5.74, 6) is 0. The number of aliphatic hydroxyl groups is 1. The second-order valence-corrected chi connectivity index (χ2v) is 7.03. The van der Waals surface area contributed by atoms with E-state index in [4.69, 9.17) is 0 Å². The van der Waals surface area contributed by atoms with Crippen LogP contribution in [0.1, 0.15) is 36.2 Å². The Labute approximate surface area is 136 Å². The molecule has 2 aromatic rings. The molecule has 0 spiro atoms. The summed E-state index contributed by atoms with van der Waals surface area (Å²) in [6.07, 6.45) is 1.67. The van der Waals surface area contributed by atoms with Crippen LogP contribution in [0, 0.1) is 0 Å². The van der Waals surface area contributed by atoms with Crippen LogP contribution in [0.3, 0.4) is 0 Å². The Kier molecular flexibility index (Phi) is 5.13. The molecule has 0 radical (unpaired) electrons. The maximum absolute atomic E-state index is 9.63. The number of hydrogen-bond acceptors (Lipinski definition) is 4. The topological polar surface area (TPSA) is 35.5 Å². The van der Waals surface area contributed by atoms with Gasteiger partial charge in [-0.15, -0.1) is 11.3 Å². The molecule has 1 aromatic heterocycles. The molecule has 0 bridgehead atoms. The Morgan fingerprint density at radius 1 is 1.23 bits per heavy atom. The van der Waals surface area contributed by atoms with Gasteiger partial charge in [0, 0.05) is 30.2 Å². The van der Waals surface area contributed by atoms with Crippen molar-refractivity contribution in [2.45, 2.75) is 38.5 Å². The van der Waals surface area contributed by atoms with Gasteiger partial charge in [-0.3, -0.25) is 4.90 Å². The van der Waals surface area contributed by atoms with Crippen LogP contribution >= 0.6 is 11.3 Å². The van der Waals surface area contributed by atoms with E-state index < -0.39 is 0 Å². The van der Waals surface area contributed by atoms with Gasteiger partial charge in [0.15, 0.2) is 0 Å². The van der Waals surface area contributed by atoms with Crippen LogP contribution in [-0.2, 0) is 6.54 Å². The van der Waals surface area contributed by atoms with Crippen LogP contribution in [0.5, 0.6) is 0 Å². The number of hydrogen-bond donors (Lipinski definition) is 2. The highest BCUT2D eigenvalue weighted by Gasteiger charge is 2.18. The summed E-state index contributed by atoms with van der Waals surface area (Å²) in [6.45, 7) is 5.12. The van der Waals surface area contributed by atoms with Gasteiger partial charge < -0.3 is 10.4 Å². The third-order valence-corrected chi connectivity index (χ3v) is 5.37. The summed E-state index contributed by atoms with van der Waals surface area (Å²) in [7, 11) is 0. The van der Waals surface area contributed by atoms with Crippen molar-refractivity contribution in [2.24, 2.45) is 0 Å². The summed E-state index contributed by atoms with van der Waals surface area (Å²) in [6, 6.07) is 13.2. The summed E-state index contributed by atoms with van der Waals surface area (Å²) < 4.78 is 0. The normalized spacial score (nSPS) is 18.3. The zero-order chi connectivity index (χ0) is 15.4. The zero-order valence-electron chi connectivity index (χ0n) is 13.0. The van der Waals surface area contributed by atoms with Gasteiger partial charge in [-0.1, -0.05) is 24.3 Å². The van der Waals surface area contributed by atoms with Crippen molar-refractivity contribution >= 4 is 17.0 Å². The van der Waals surface area contributed by atoms with Gasteiger partial charge in [-0.2, -0.15) is 0 Å². The van der Waals surface area contributed by atoms with Crippen LogP contribution in [0.4, 0.5) is 5.69 Å². The fraction of sp³-hybridized carbons (Fsp3) is 0.444. The average molecular weight is 316 g/mol. The highest BCUT2D eigenvalue weighted by Crippen LogP contribution is 2.26. The van der Waals surface area contributed by atoms with Gasteiger partial charge >= 0.3 is 0 Å². The molecule has 1 atom stereocenters. The first-order chi connectivity index (χ1) is 10.7. The molecule has 0 amide bonds. The second kappa shape index (κ2) is 7.27. The molecule has 118 valence electrons. The van der Waals surface area contributed by atoms with E-state index in [1.165, 1.54) is 16.1 Å². The molecule has 1 aromatic carbocycles. The van der Waals surface area contributed by atoms with Crippen molar-refractivity contribution in [1.29, 1.82) is 0 Å². The summed E-state index contributed by atoms with van der Waals surface area (Å²) in [5.41, 5.74) is 2.55. The number of aliphatic hydroxyl groups excluding tert-OH is 1. The smallest absolute Gasteiger partial charge is 0.0578 e. The zero-order valence-corrected chi connectivity index (χ0v) is 13.9. The molecule has 1 aliphatic rings. The van der Waals surface area contributed by atoms with E-state index in [1.54, 1.807) is 11.3 Å². The molecular formula is C18H24N2OS. The van der Waals surface area contributed by atoms with Crippen molar-refractivity contribution < 1.29 is 5.11 Å². The lowest BCUT2D eigenvalue weighted by Crippen LogP contribution is -2.35. The molecule has 1 fully saturated rings. The van der Waals surface area contributed by atoms with Gasteiger partial charge in [-0.05, 0) is 42.8 Å². The Morgan fingerprint density at radius 2 is 2.00 bits per heavy atom. The first-order valence-corrected chi connectivity index (χ1v) is 8.88. The van der Waals surface area contributed by atoms with E-state index in [0.29, 0.717) is 6.04 Å². The lowest BCUT2D eigenvalue weighted by Gasteiger charge is -2.30. The molecule has 1 unspecified atom stereocenters. The number of piperidine rings is 1. The lowest BCUT2D eigenvalue weighted by atomic mass is 10.1. The van der Waals surface area contributed by atoms with Crippen LogP contribution in [0.2, 0.25) is 0 Å². The van der Waals surface area contributed by atoms with E-state index >= 15 is 0 Å². The Morgan fingerprint density at radius 3 is 2.73 bits per heavy atom. The number of thiophene rings is 1. The Bertz CT molecular complexity index is 577. The van der Waals surface area contributed by atoms with E-state index in [-0.39, 0.29) is 6.10 Å². The molecule has 0 saturated carbocycles. The number of anilines is 1. The monoisotopic (exact) mass is 316 g/mol. The van der Waals surface area contributed by atoms with Crippen molar-refractivity contribution in [2.75, 3.05) is 18.4 Å². The molecule has 3 nitrogen and oxygen atoms in total. The minimum atomic E-state index is -0.108. The predicted octanol–water partition coefficient (Wildman–Crippen LogP) is 3.88. The minimum absolute atomic E-state index is 0.108. The molecule has 2 N–H and O–H groups in total. The number of para-hydroxylation sites is 1. The fourth-order valence-corrected chi connectivity index (χ4v) is 3.69. The maximum atomic E-state index is 9.63. The van der Waals surface area contributed by atoms with Crippen molar-refractivity contribution in [3.8, 4) is 0 Å². The van der Waals surface area contributed by atoms with Crippen LogP contribution in [-0.4, -0.2) is 29.2 Å². The van der Waals surface area contributed by atoms with Gasteiger partial charge in [0.25, 0.3) is 0 Å². The number of likely N-dealkylation sites (tertiary alicyclic amines) is 1. The van der Waals surface area contributed by atoms with Crippen LogP contribution in [0.25, 0.3) is 0 Å². The number of nitrogens with one attached hydrogen (secondary N) is 1. The number of rotatable bonds is 5. The highest BCUT2D eigenvalue weighted by molar-refractivity contribution is 7.10. The molecule has 1 aliphatic heterocycles. The maximum Gasteiger partial charge on any atom is 0.0578 e. The highest BCUT2D eigenvalue weighted by atomic mass is 32.1. The second-order valence-electron chi connectivity index (χ2n) is 6.05. The van der Waals surface area contributed by atoms with Crippen molar-refractivity contribution in [3.63, 3.8) is 0 Å². The van der Waals surface area contributed by atoms with Crippen molar-refractivity contribution in [3.05, 3.63) is 52.2 Å². The first kappa shape index (κ1) is 15.5. The van der Waals surface area contributed by atoms with E-state index in [1.807, 2.05) is 0 Å². The fourth-order valence-electron chi connectivity index (χ4n) is 2.96. The largest absolute Gasteiger partial charge is 0.393 e. The average Bonchev–Trinajstić information content (AvgIpc) is 3.06. The molecular weight excluding hydrogens is 292 g/mol. The predicted molar refractivity (Wildman–Crippen MR) is 93.3 cm³/mol. The molecule has 4 heteroatoms. The molecule has 1 saturated heterocycles. The number of nitrogens with zero attached hydrogens (tertiary/aromatic N) is 1. The first-order valence-electron chi connectivity index (χ1n) is 8.00. The van der Waals surface area contributed by atoms with Gasteiger partial charge in [0.1, 0.15) is 0 Å². The summed E-state index contributed by atoms with van der Waals surface area (Å²) >= 11 is 1.79. The summed E-state index contributed by atoms with van der Waals surface area (Å²) in [5, 5.41) is 15.4. The van der Waals surface area contributed by atoms with E-state index in [0.717, 1.165) is 32.5 Å². The quantitative estimate of drug-likeness (QED) is 0.879. The van der Waals surface area contributed by atoms with Gasteiger partial charge in [0.05, 0.1) is 12.1 Å². The van der Waals surface area contributed by atoms with E-state index in [2.05, 4.69) is 58.9 Å². The standard InChI is InChI=1S/C18H24N2OS/c1-14(18-7-4-12-22-18)19-17-6-3-2-5-15(17)13-20-10-8-16(21)9-11-20/h2-7,12,14,16,19,21H,8-11,13H2,1H3. The molecule has 0 aliphatic carbocycles. The van der Waals surface area contributed by atoms with Crippen LogP contribution < -0.4 is 5.32 Å². The number of benzene rings is 1. The van der Waals surface area contributed by atoms with Crippen LogP contribution in [0.15, 0.2) is 41.8 Å². The minimum Gasteiger partial charge on any atom is -0.393 e.